The van der Waals surface area contributed by atoms with Gasteiger partial charge >= 0.3 is 0 Å². The molecule has 0 aliphatic carbocycles. The molecule has 0 aliphatic heterocycles. The Kier molecular flexibility index (Phi) is 19.4. The Morgan fingerprint density at radius 3 is 1.33 bits per heavy atom. The quantitative estimate of drug-likeness (QED) is 0.0492. The molecule has 8 rings (SSSR count). The maximum Gasteiger partial charge on any atom is 0.248 e. The summed E-state index contributed by atoms with van der Waals surface area (Å²) < 4.78 is 167. The molecule has 2 N–H and O–H groups in total. The first-order valence-electron chi connectivity index (χ1n) is 23.1. The molecule has 0 atom stereocenters. The fourth-order valence-corrected chi connectivity index (χ4v) is 13.0. The van der Waals surface area contributed by atoms with Crippen LogP contribution in [0.3, 0.4) is 0 Å². The van der Waals surface area contributed by atoms with Gasteiger partial charge in [0.1, 0.15) is 5.69 Å². The van der Waals surface area contributed by atoms with Crippen molar-refractivity contribution in [1.29, 1.82) is 0 Å². The van der Waals surface area contributed by atoms with Crippen molar-refractivity contribution in [3.63, 3.8) is 0 Å². The van der Waals surface area contributed by atoms with E-state index in [1.807, 2.05) is 4.72 Å². The van der Waals surface area contributed by atoms with Crippen LogP contribution in [0.4, 0.5) is 37.7 Å². The van der Waals surface area contributed by atoms with Crippen LogP contribution >= 0.6 is 23.2 Å². The van der Waals surface area contributed by atoms with Crippen LogP contribution in [0.1, 0.15) is 71.9 Å². The van der Waals surface area contributed by atoms with Gasteiger partial charge in [0.05, 0.1) is 79.9 Å². The molecule has 410 valence electrons. The van der Waals surface area contributed by atoms with Gasteiger partial charge in [-0.05, 0) is 79.9 Å². The smallest absolute Gasteiger partial charge is 0.248 e. The maximum absolute atomic E-state index is 15.8. The van der Waals surface area contributed by atoms with Crippen LogP contribution < -0.4 is 8.43 Å². The van der Waals surface area contributed by atoms with Gasteiger partial charge in [-0.1, -0.05) is 68.2 Å². The number of carbonyl (C=O) groups is 2. The summed E-state index contributed by atoms with van der Waals surface area (Å²) in [6, 6.07) is 21.6. The number of aliphatic hydroxyl groups excluding tert-OH is 1. The lowest BCUT2D eigenvalue weighted by atomic mass is 10.0. The van der Waals surface area contributed by atoms with E-state index in [0.717, 1.165) is 7.11 Å². The van der Waals surface area contributed by atoms with Crippen molar-refractivity contribution < 1.29 is 66.3 Å². The van der Waals surface area contributed by atoms with Crippen molar-refractivity contribution in [2.24, 2.45) is 0 Å². The van der Waals surface area contributed by atoms with Crippen LogP contribution in [0, 0.1) is 34.9 Å². The van der Waals surface area contributed by atoms with Gasteiger partial charge in [-0.15, -0.1) is 0 Å². The van der Waals surface area contributed by atoms with Crippen LogP contribution in [0.5, 0.6) is 0 Å². The number of fused-ring (bicyclic) bond motifs is 2. The van der Waals surface area contributed by atoms with E-state index in [1.165, 1.54) is 62.6 Å². The lowest BCUT2D eigenvalue weighted by Crippen LogP contribution is -2.40. The third-order valence-electron chi connectivity index (χ3n) is 11.0. The first-order valence-corrected chi connectivity index (χ1v) is 28.7. The van der Waals surface area contributed by atoms with Gasteiger partial charge in [0.25, 0.3) is 0 Å². The maximum atomic E-state index is 15.8. The predicted octanol–water partition coefficient (Wildman–Crippen LogP) is 11.2. The zero-order chi connectivity index (χ0) is 57.4. The number of nitrogens with one attached hydrogen (secondary N) is 1. The Labute approximate surface area is 454 Å². The number of ketones is 2. The average molecular weight is 1180 g/mol. The van der Waals surface area contributed by atoms with Crippen molar-refractivity contribution in [2.45, 2.75) is 40.0 Å². The highest BCUT2D eigenvalue weighted by Gasteiger charge is 2.39. The average Bonchev–Trinajstić information content (AvgIpc) is 3.48. The van der Waals surface area contributed by atoms with E-state index < -0.39 is 111 Å². The molecular weight excluding hydrogens is 1130 g/mol. The number of rotatable bonds is 17. The molecule has 2 aromatic heterocycles. The molecule has 78 heavy (non-hydrogen) atoms. The third kappa shape index (κ3) is 13.4. The number of anilines is 2. The summed E-state index contributed by atoms with van der Waals surface area (Å²) in [4.78, 5) is 43.9. The molecule has 0 bridgehead atoms. The van der Waals surface area contributed by atoms with Gasteiger partial charge < -0.3 is 5.11 Å². The highest BCUT2D eigenvalue weighted by molar-refractivity contribution is 8.10. The number of benzene rings is 6. The first kappa shape index (κ1) is 60.1. The van der Waals surface area contributed by atoms with E-state index in [1.54, 1.807) is 55.5 Å². The van der Waals surface area contributed by atoms with Gasteiger partial charge in [0.15, 0.2) is 46.5 Å². The van der Waals surface area contributed by atoms with Crippen LogP contribution in [0.25, 0.3) is 44.6 Å². The topological polar surface area (TPSA) is 224 Å². The van der Waals surface area contributed by atoms with Crippen molar-refractivity contribution in [1.82, 2.24) is 19.9 Å². The molecule has 15 nitrogen and oxygen atoms in total. The minimum Gasteiger partial charge on any atom is -0.400 e. The summed E-state index contributed by atoms with van der Waals surface area (Å²) in [5.74, 6) is -14.7. The fourth-order valence-electron chi connectivity index (χ4n) is 7.56. The molecule has 0 aliphatic rings. The van der Waals surface area contributed by atoms with Crippen molar-refractivity contribution in [3.8, 4) is 22.5 Å². The van der Waals surface area contributed by atoms with Gasteiger partial charge in [-0.3, -0.25) is 24.3 Å². The summed E-state index contributed by atoms with van der Waals surface area (Å²) in [6.45, 7) is 4.47. The van der Waals surface area contributed by atoms with Crippen LogP contribution in [-0.4, -0.2) is 86.2 Å². The summed E-state index contributed by atoms with van der Waals surface area (Å²) in [5, 5.41) is 8.03. The number of aliphatic hydroxyl groups is 1. The second-order valence-corrected chi connectivity index (χ2v) is 23.4. The number of hydrogen-bond acceptors (Lipinski definition) is 13. The summed E-state index contributed by atoms with van der Waals surface area (Å²) in [6.07, 6.45) is 3.12. The predicted molar refractivity (Wildman–Crippen MR) is 286 cm³/mol. The molecule has 8 aromatic rings. The van der Waals surface area contributed by atoms with Crippen molar-refractivity contribution in [3.05, 3.63) is 177 Å². The molecule has 0 spiro atoms. The summed E-state index contributed by atoms with van der Waals surface area (Å²) in [7, 11) is -12.5. The van der Waals surface area contributed by atoms with E-state index in [2.05, 4.69) is 19.9 Å². The zero-order valence-electron chi connectivity index (χ0n) is 41.3. The molecule has 2 heterocycles. The van der Waals surface area contributed by atoms with E-state index >= 15 is 8.78 Å². The van der Waals surface area contributed by atoms with E-state index in [4.69, 9.17) is 28.3 Å². The normalized spacial score (nSPS) is 11.6. The number of sulfonamides is 3. The molecule has 0 fully saturated rings. The molecule has 0 saturated heterocycles. The molecular formula is C52H44Cl2F6N6O9S3. The highest BCUT2D eigenvalue weighted by Crippen LogP contribution is 2.35. The standard InChI is InChI=1S/C27H23ClF3N3O5S2.C24H17ClF3N3O3S.CH4O/c1-3-11-40(36,37)34(41(38,39)12-4-2)23-14-19(29)25(30)24(26(23)31)27(35)17-7-10-20-21(13-17)33-22(15-32-20)16-5-8-18(28)9-6-16;1-2-9-35(33,34)31-19-11-16(26)22(27)21(23(19)28)24(32)14-5-8-17-18(10-14)30-20(12-29-17)13-3-6-15(25)7-4-13;1-2/h5-10,13-15H,3-4,11-12H2,1-2H3;3-8,10-12,31H,2,9H2,1H3;2H,1H3. The van der Waals surface area contributed by atoms with Crippen LogP contribution in [-0.2, 0) is 30.1 Å². The zero-order valence-corrected chi connectivity index (χ0v) is 45.3. The Balaban J connectivity index is 0.000000247. The minimum absolute atomic E-state index is 0.0479. The molecule has 0 saturated carbocycles. The molecule has 26 heteroatoms. The van der Waals surface area contributed by atoms with Gasteiger partial charge in [0, 0.05) is 51.5 Å². The Morgan fingerprint density at radius 2 is 0.923 bits per heavy atom. The Hall–Kier alpha value is -7.09. The number of nitrogens with zero attached hydrogens (tertiary/aromatic N) is 5. The van der Waals surface area contributed by atoms with Crippen molar-refractivity contribution >= 4 is 98.3 Å². The third-order valence-corrected chi connectivity index (χ3v) is 17.6. The van der Waals surface area contributed by atoms with Crippen LogP contribution in [0.15, 0.2) is 109 Å². The first-order chi connectivity index (χ1) is 36.9. The number of hydrogen-bond donors (Lipinski definition) is 2. The molecule has 6 aromatic carbocycles. The van der Waals surface area contributed by atoms with E-state index in [-0.39, 0.29) is 57.0 Å². The van der Waals surface area contributed by atoms with Gasteiger partial charge in [-0.25, -0.2) is 61.6 Å². The summed E-state index contributed by atoms with van der Waals surface area (Å²) in [5.41, 5.74) is -1.97. The van der Waals surface area contributed by atoms with E-state index in [0.29, 0.717) is 49.7 Å². The SMILES string of the molecule is CCCS(=O)(=O)N(c1cc(F)c(F)c(C(=O)c2ccc3ncc(-c4ccc(Cl)cc4)nc3c2)c1F)S(=O)(=O)CCC.CCCS(=O)(=O)Nc1cc(F)c(F)c(C(=O)c2ccc3ncc(-c4ccc(Cl)cc4)nc3c2)c1F.CO. The summed E-state index contributed by atoms with van der Waals surface area (Å²) >= 11 is 11.8. The lowest BCUT2D eigenvalue weighted by Gasteiger charge is -2.25. The van der Waals surface area contributed by atoms with Gasteiger partial charge in [0.2, 0.25) is 30.1 Å². The number of halogens is 8. The number of aromatic nitrogens is 4. The molecule has 0 amide bonds. The Morgan fingerprint density at radius 1 is 0.526 bits per heavy atom. The minimum atomic E-state index is -4.75. The second kappa shape index (κ2) is 25.1. The van der Waals surface area contributed by atoms with E-state index in [9.17, 15) is 52.4 Å². The van der Waals surface area contributed by atoms with Crippen LogP contribution in [0.2, 0.25) is 10.0 Å². The molecule has 0 radical (unpaired) electrons. The van der Waals surface area contributed by atoms with Gasteiger partial charge in [-0.2, -0.15) is 3.71 Å². The monoisotopic (exact) mass is 1180 g/mol. The van der Waals surface area contributed by atoms with Crippen molar-refractivity contribution in [2.75, 3.05) is 32.8 Å². The molecule has 0 unspecified atom stereocenters. The fraction of sp³-hybridized carbons (Fsp3) is 0.192. The Bertz CT molecular complexity index is 3910. The number of carbonyl (C=O) groups excluding carboxylic acids is 2. The highest BCUT2D eigenvalue weighted by atomic mass is 35.5. The largest absolute Gasteiger partial charge is 0.400 e. The lowest BCUT2D eigenvalue weighted by molar-refractivity contribution is 0.102. The second-order valence-electron chi connectivity index (χ2n) is 16.6.